The molecule has 1 aromatic rings. The van der Waals surface area contributed by atoms with Gasteiger partial charge >= 0.3 is 0 Å². The maximum absolute atomic E-state index is 11.2. The third kappa shape index (κ3) is 4.71. The summed E-state index contributed by atoms with van der Waals surface area (Å²) in [5.74, 6) is 0.364. The molecule has 0 bridgehead atoms. The number of hydrogen-bond acceptors (Lipinski definition) is 3. The summed E-state index contributed by atoms with van der Waals surface area (Å²) in [6.07, 6.45) is 3.47. The van der Waals surface area contributed by atoms with Crippen molar-refractivity contribution in [1.82, 2.24) is 4.72 Å². The van der Waals surface area contributed by atoms with Gasteiger partial charge in [-0.05, 0) is 49.4 Å². The van der Waals surface area contributed by atoms with Crippen LogP contribution in [0, 0.1) is 0 Å². The Morgan fingerprint density at radius 2 is 2.10 bits per heavy atom. The zero-order chi connectivity index (χ0) is 15.3. The molecule has 116 valence electrons. The number of sulfonamides is 1. The molecule has 1 aliphatic rings. The van der Waals surface area contributed by atoms with E-state index in [0.717, 1.165) is 18.5 Å². The number of benzene rings is 1. The molecule has 2 rings (SSSR count). The maximum atomic E-state index is 11.2. The van der Waals surface area contributed by atoms with Gasteiger partial charge in [-0.15, -0.1) is 0 Å². The van der Waals surface area contributed by atoms with Crippen molar-refractivity contribution in [1.29, 1.82) is 0 Å². The van der Waals surface area contributed by atoms with E-state index in [2.05, 4.69) is 27.2 Å². The van der Waals surface area contributed by atoms with Crippen molar-refractivity contribution in [2.24, 2.45) is 10.7 Å². The molecule has 0 unspecified atom stereocenters. The number of aryl methyl sites for hydroxylation is 2. The molecular weight excluding hydrogens is 288 g/mol. The van der Waals surface area contributed by atoms with Crippen LogP contribution in [-0.2, 0) is 22.9 Å². The third-order valence-corrected chi connectivity index (χ3v) is 4.87. The van der Waals surface area contributed by atoms with Gasteiger partial charge in [0, 0.05) is 12.2 Å². The van der Waals surface area contributed by atoms with Crippen LogP contribution in [0.4, 0.5) is 5.69 Å². The minimum atomic E-state index is -3.16. The van der Waals surface area contributed by atoms with Crippen LogP contribution >= 0.6 is 0 Å². The molecule has 4 N–H and O–H groups in total. The first-order valence-electron chi connectivity index (χ1n) is 7.16. The lowest BCUT2D eigenvalue weighted by atomic mass is 10.1. The molecule has 0 amide bonds. The Morgan fingerprint density at radius 1 is 1.33 bits per heavy atom. The van der Waals surface area contributed by atoms with Crippen LogP contribution in [0.5, 0.6) is 0 Å². The normalized spacial score (nSPS) is 15.0. The molecule has 0 saturated carbocycles. The zero-order valence-corrected chi connectivity index (χ0v) is 13.0. The lowest BCUT2D eigenvalue weighted by molar-refractivity contribution is 0.583. The number of nitrogens with one attached hydrogen (secondary N) is 2. The second-order valence-electron chi connectivity index (χ2n) is 5.03. The highest BCUT2D eigenvalue weighted by Gasteiger charge is 2.10. The Balaban J connectivity index is 1.83. The highest BCUT2D eigenvalue weighted by Crippen LogP contribution is 2.24. The van der Waals surface area contributed by atoms with Crippen LogP contribution in [0.3, 0.4) is 0 Å². The fourth-order valence-corrected chi connectivity index (χ4v) is 2.92. The molecule has 0 atom stereocenters. The van der Waals surface area contributed by atoms with Crippen LogP contribution < -0.4 is 15.8 Å². The monoisotopic (exact) mass is 310 g/mol. The van der Waals surface area contributed by atoms with Gasteiger partial charge < -0.3 is 11.1 Å². The molecule has 0 radical (unpaired) electrons. The van der Waals surface area contributed by atoms with Crippen molar-refractivity contribution in [2.75, 3.05) is 24.2 Å². The molecule has 0 spiro atoms. The van der Waals surface area contributed by atoms with Gasteiger partial charge in [0.25, 0.3) is 0 Å². The Hall–Kier alpha value is -1.60. The van der Waals surface area contributed by atoms with Crippen molar-refractivity contribution >= 4 is 21.7 Å². The minimum absolute atomic E-state index is 0.0690. The molecule has 1 aliphatic carbocycles. The van der Waals surface area contributed by atoms with E-state index < -0.39 is 10.0 Å². The Morgan fingerprint density at radius 3 is 2.86 bits per heavy atom. The van der Waals surface area contributed by atoms with E-state index in [1.807, 2.05) is 6.07 Å². The van der Waals surface area contributed by atoms with Crippen molar-refractivity contribution in [2.45, 2.75) is 26.2 Å². The molecule has 0 aliphatic heterocycles. The molecule has 21 heavy (non-hydrogen) atoms. The van der Waals surface area contributed by atoms with Crippen LogP contribution in [0.1, 0.15) is 24.5 Å². The second-order valence-corrected chi connectivity index (χ2v) is 7.12. The predicted molar refractivity (Wildman–Crippen MR) is 86.0 cm³/mol. The number of anilines is 1. The number of nitrogens with two attached hydrogens (primary N) is 1. The number of aliphatic imine (C=N–C) groups is 1. The molecule has 1 aromatic carbocycles. The highest BCUT2D eigenvalue weighted by atomic mass is 32.2. The summed E-state index contributed by atoms with van der Waals surface area (Å²) >= 11 is 0. The summed E-state index contributed by atoms with van der Waals surface area (Å²) in [4.78, 5) is 4.11. The smallest absolute Gasteiger partial charge is 0.211 e. The highest BCUT2D eigenvalue weighted by molar-refractivity contribution is 7.89. The molecule has 0 heterocycles. The third-order valence-electron chi connectivity index (χ3n) is 3.47. The van der Waals surface area contributed by atoms with E-state index in [0.29, 0.717) is 12.5 Å². The lowest BCUT2D eigenvalue weighted by Gasteiger charge is -2.08. The van der Waals surface area contributed by atoms with Crippen molar-refractivity contribution in [3.63, 3.8) is 0 Å². The quantitative estimate of drug-likeness (QED) is 0.412. The molecule has 6 nitrogen and oxygen atoms in total. The first-order valence-corrected chi connectivity index (χ1v) is 8.81. The number of nitrogens with zero attached hydrogens (tertiary/aromatic N) is 1. The first kappa shape index (κ1) is 15.8. The summed E-state index contributed by atoms with van der Waals surface area (Å²) in [5, 5.41) is 3.03. The fourth-order valence-electron chi connectivity index (χ4n) is 2.32. The first-order chi connectivity index (χ1) is 10.00. The fraction of sp³-hybridized carbons (Fsp3) is 0.500. The standard InChI is InChI=1S/C14H22N4O2S/c1-2-21(19,20)17-9-8-16-14(15)18-13-7-6-11-4-3-5-12(11)10-13/h6-7,10,17H,2-5,8-9H2,1H3,(H3,15,16,18). The van der Waals surface area contributed by atoms with E-state index in [-0.39, 0.29) is 12.3 Å². The average Bonchev–Trinajstić information content (AvgIpc) is 2.91. The predicted octanol–water partition coefficient (Wildman–Crippen LogP) is 0.841. The Bertz CT molecular complexity index is 626. The lowest BCUT2D eigenvalue weighted by Crippen LogP contribution is -2.29. The van der Waals surface area contributed by atoms with Gasteiger partial charge in [0.05, 0.1) is 12.3 Å². The van der Waals surface area contributed by atoms with E-state index in [9.17, 15) is 8.42 Å². The largest absolute Gasteiger partial charge is 0.370 e. The van der Waals surface area contributed by atoms with Gasteiger partial charge in [-0.1, -0.05) is 6.07 Å². The Labute approximate surface area is 125 Å². The van der Waals surface area contributed by atoms with E-state index in [1.54, 1.807) is 6.92 Å². The topological polar surface area (TPSA) is 96.6 Å². The van der Waals surface area contributed by atoms with Crippen LogP contribution in [0.25, 0.3) is 0 Å². The maximum Gasteiger partial charge on any atom is 0.211 e. The summed E-state index contributed by atoms with van der Waals surface area (Å²) in [5.41, 5.74) is 9.49. The Kier molecular flexibility index (Phi) is 5.19. The number of rotatable bonds is 6. The molecule has 7 heteroatoms. The molecule has 0 saturated heterocycles. The molecule has 0 fully saturated rings. The van der Waals surface area contributed by atoms with Gasteiger partial charge in [-0.3, -0.25) is 4.99 Å². The van der Waals surface area contributed by atoms with Gasteiger partial charge in [0.2, 0.25) is 10.0 Å². The van der Waals surface area contributed by atoms with Gasteiger partial charge in [-0.25, -0.2) is 13.1 Å². The van der Waals surface area contributed by atoms with Gasteiger partial charge in [0.15, 0.2) is 5.96 Å². The summed E-state index contributed by atoms with van der Waals surface area (Å²) < 4.78 is 24.9. The average molecular weight is 310 g/mol. The van der Waals surface area contributed by atoms with Crippen molar-refractivity contribution < 1.29 is 8.42 Å². The van der Waals surface area contributed by atoms with Crippen LogP contribution in [-0.4, -0.2) is 33.2 Å². The van der Waals surface area contributed by atoms with E-state index in [4.69, 9.17) is 5.73 Å². The second kappa shape index (κ2) is 6.91. The van der Waals surface area contributed by atoms with Crippen molar-refractivity contribution in [3.05, 3.63) is 29.3 Å². The summed E-state index contributed by atoms with van der Waals surface area (Å²) in [6.45, 7) is 2.15. The number of hydrogen-bond donors (Lipinski definition) is 3. The van der Waals surface area contributed by atoms with Crippen molar-refractivity contribution in [3.8, 4) is 0 Å². The number of fused-ring (bicyclic) bond motifs is 1. The summed E-state index contributed by atoms with van der Waals surface area (Å²) in [7, 11) is -3.16. The van der Waals surface area contributed by atoms with Crippen LogP contribution in [0.15, 0.2) is 23.2 Å². The van der Waals surface area contributed by atoms with Gasteiger partial charge in [0.1, 0.15) is 0 Å². The van der Waals surface area contributed by atoms with Crippen LogP contribution in [0.2, 0.25) is 0 Å². The van der Waals surface area contributed by atoms with E-state index >= 15 is 0 Å². The molecule has 0 aromatic heterocycles. The zero-order valence-electron chi connectivity index (χ0n) is 12.2. The SMILES string of the molecule is CCS(=O)(=O)NCCN=C(N)Nc1ccc2c(c1)CCC2. The van der Waals surface area contributed by atoms with E-state index in [1.165, 1.54) is 17.5 Å². The number of guanidine groups is 1. The minimum Gasteiger partial charge on any atom is -0.370 e. The summed E-state index contributed by atoms with van der Waals surface area (Å²) in [6, 6.07) is 6.21. The van der Waals surface area contributed by atoms with Gasteiger partial charge in [-0.2, -0.15) is 0 Å². The molecular formula is C14H22N4O2S.